The molecule has 0 heterocycles. The van der Waals surface area contributed by atoms with Gasteiger partial charge in [-0.15, -0.1) is 0 Å². The number of nitrogens with one attached hydrogen (secondary N) is 1. The zero-order valence-electron chi connectivity index (χ0n) is 21.2. The van der Waals surface area contributed by atoms with Gasteiger partial charge in [-0.05, 0) is 63.3 Å². The molecule has 2 atom stereocenters. The van der Waals surface area contributed by atoms with Gasteiger partial charge in [0.15, 0.2) is 0 Å². The van der Waals surface area contributed by atoms with Crippen molar-refractivity contribution >= 4 is 18.0 Å². The standard InChI is InChI=1S/C29H35NO6/c1-29(2,3)36-26(31)24-16-14-21(15-17-24)18-25(27(32)34-19-22-10-6-4-7-11-22)30-28(33)35-20-23-12-8-5-9-13-23/h5-6,8-12,14-17,23,25H,4,7,13,18-20H2,1-3H3,(H,30,33)/t23?,25-/m0/s1. The number of amides is 1. The van der Waals surface area contributed by atoms with Crippen molar-refractivity contribution in [2.75, 3.05) is 13.2 Å². The normalized spacial score (nSPS) is 17.6. The molecule has 1 aromatic carbocycles. The maximum atomic E-state index is 12.9. The number of hydrogen-bond donors (Lipinski definition) is 1. The van der Waals surface area contributed by atoms with Gasteiger partial charge in [0.2, 0.25) is 0 Å². The predicted molar refractivity (Wildman–Crippen MR) is 137 cm³/mol. The van der Waals surface area contributed by atoms with Gasteiger partial charge in [-0.25, -0.2) is 14.4 Å². The van der Waals surface area contributed by atoms with E-state index in [9.17, 15) is 14.4 Å². The van der Waals surface area contributed by atoms with E-state index in [2.05, 4.69) is 5.32 Å². The molecule has 0 saturated carbocycles. The molecule has 0 fully saturated rings. The summed E-state index contributed by atoms with van der Waals surface area (Å²) in [4.78, 5) is 37.7. The lowest BCUT2D eigenvalue weighted by atomic mass is 10.0. The molecule has 0 saturated heterocycles. The molecule has 1 amide bonds. The van der Waals surface area contributed by atoms with Crippen LogP contribution in [0.2, 0.25) is 0 Å². The highest BCUT2D eigenvalue weighted by atomic mass is 16.6. The van der Waals surface area contributed by atoms with Crippen LogP contribution < -0.4 is 5.32 Å². The molecule has 3 rings (SSSR count). The van der Waals surface area contributed by atoms with E-state index in [1.807, 2.05) is 42.5 Å². The Morgan fingerprint density at radius 3 is 2.44 bits per heavy atom. The van der Waals surface area contributed by atoms with Crippen LogP contribution in [0.4, 0.5) is 4.79 Å². The molecule has 2 aliphatic rings. The highest BCUT2D eigenvalue weighted by Gasteiger charge is 2.25. The van der Waals surface area contributed by atoms with Crippen LogP contribution in [-0.4, -0.2) is 42.9 Å². The van der Waals surface area contributed by atoms with E-state index in [-0.39, 0.29) is 25.6 Å². The molecule has 0 radical (unpaired) electrons. The van der Waals surface area contributed by atoms with Crippen LogP contribution >= 0.6 is 0 Å². The summed E-state index contributed by atoms with van der Waals surface area (Å²) in [5.74, 6) is -0.868. The number of carbonyl (C=O) groups is 3. The molecule has 36 heavy (non-hydrogen) atoms. The monoisotopic (exact) mass is 493 g/mol. The van der Waals surface area contributed by atoms with Gasteiger partial charge < -0.3 is 19.5 Å². The molecule has 7 nitrogen and oxygen atoms in total. The van der Waals surface area contributed by atoms with Gasteiger partial charge in [0.25, 0.3) is 0 Å². The number of ether oxygens (including phenoxy) is 3. The number of alkyl carbamates (subject to hydrolysis) is 1. The Labute approximate surface area is 212 Å². The Balaban J connectivity index is 1.63. The third kappa shape index (κ3) is 9.21. The van der Waals surface area contributed by atoms with Gasteiger partial charge in [-0.1, -0.05) is 54.7 Å². The van der Waals surface area contributed by atoms with E-state index in [0.29, 0.717) is 5.56 Å². The topological polar surface area (TPSA) is 90.9 Å². The van der Waals surface area contributed by atoms with Crippen molar-refractivity contribution in [1.82, 2.24) is 5.32 Å². The van der Waals surface area contributed by atoms with Gasteiger partial charge in [-0.3, -0.25) is 0 Å². The Kier molecular flexibility index (Phi) is 9.68. The molecule has 2 aliphatic carbocycles. The highest BCUT2D eigenvalue weighted by Crippen LogP contribution is 2.16. The van der Waals surface area contributed by atoms with Crippen molar-refractivity contribution in [3.8, 4) is 0 Å². The number of hydrogen-bond acceptors (Lipinski definition) is 6. The smallest absolute Gasteiger partial charge is 0.407 e. The first-order valence-corrected chi connectivity index (χ1v) is 12.3. The second kappa shape index (κ2) is 12.9. The van der Waals surface area contributed by atoms with Gasteiger partial charge in [0.05, 0.1) is 12.2 Å². The third-order valence-corrected chi connectivity index (χ3v) is 5.56. The third-order valence-electron chi connectivity index (χ3n) is 5.56. The van der Waals surface area contributed by atoms with Crippen LogP contribution in [0.5, 0.6) is 0 Å². The summed E-state index contributed by atoms with van der Waals surface area (Å²) < 4.78 is 16.3. The summed E-state index contributed by atoms with van der Waals surface area (Å²) in [6, 6.07) is 5.81. The number of esters is 2. The van der Waals surface area contributed by atoms with Crippen LogP contribution in [-0.2, 0) is 25.4 Å². The second-order valence-corrected chi connectivity index (χ2v) is 9.87. The minimum Gasteiger partial charge on any atom is -0.459 e. The van der Waals surface area contributed by atoms with Crippen LogP contribution in [0.25, 0.3) is 0 Å². The molecule has 7 heteroatoms. The van der Waals surface area contributed by atoms with E-state index in [1.165, 1.54) is 0 Å². The largest absolute Gasteiger partial charge is 0.459 e. The van der Waals surface area contributed by atoms with Crippen LogP contribution in [0, 0.1) is 5.92 Å². The number of benzene rings is 1. The van der Waals surface area contributed by atoms with Gasteiger partial charge >= 0.3 is 18.0 Å². The zero-order valence-corrected chi connectivity index (χ0v) is 21.2. The van der Waals surface area contributed by atoms with E-state index in [4.69, 9.17) is 14.2 Å². The molecular formula is C29H35NO6. The van der Waals surface area contributed by atoms with Crippen molar-refractivity contribution in [2.24, 2.45) is 5.92 Å². The molecule has 0 aliphatic heterocycles. The highest BCUT2D eigenvalue weighted by molar-refractivity contribution is 5.89. The summed E-state index contributed by atoms with van der Waals surface area (Å²) in [5, 5.41) is 2.65. The van der Waals surface area contributed by atoms with Crippen LogP contribution in [0.15, 0.2) is 72.4 Å². The van der Waals surface area contributed by atoms with Crippen molar-refractivity contribution in [3.05, 3.63) is 83.5 Å². The summed E-state index contributed by atoms with van der Waals surface area (Å²) >= 11 is 0. The fraction of sp³-hybridized carbons (Fsp3) is 0.414. The lowest BCUT2D eigenvalue weighted by Gasteiger charge is -2.20. The molecule has 192 valence electrons. The molecule has 1 unspecified atom stereocenters. The van der Waals surface area contributed by atoms with Crippen molar-refractivity contribution < 1.29 is 28.6 Å². The number of carbonyl (C=O) groups excluding carboxylic acids is 3. The summed E-state index contributed by atoms with van der Waals surface area (Å²) in [6.07, 6.45) is 16.1. The van der Waals surface area contributed by atoms with Gasteiger partial charge in [-0.2, -0.15) is 0 Å². The predicted octanol–water partition coefficient (Wildman–Crippen LogP) is 5.23. The number of rotatable bonds is 9. The van der Waals surface area contributed by atoms with E-state index < -0.39 is 29.7 Å². The molecule has 0 bridgehead atoms. The lowest BCUT2D eigenvalue weighted by molar-refractivity contribution is -0.145. The maximum absolute atomic E-state index is 12.9. The van der Waals surface area contributed by atoms with Gasteiger partial charge in [0, 0.05) is 12.3 Å². The fourth-order valence-electron chi connectivity index (χ4n) is 3.69. The second-order valence-electron chi connectivity index (χ2n) is 9.87. The molecule has 1 N–H and O–H groups in total. The number of allylic oxidation sites excluding steroid dienone is 5. The van der Waals surface area contributed by atoms with Crippen LogP contribution in [0.3, 0.4) is 0 Å². The lowest BCUT2D eigenvalue weighted by Crippen LogP contribution is -2.44. The van der Waals surface area contributed by atoms with Crippen molar-refractivity contribution in [3.63, 3.8) is 0 Å². The first-order chi connectivity index (χ1) is 17.2. The Morgan fingerprint density at radius 1 is 1.03 bits per heavy atom. The molecule has 0 aromatic heterocycles. The maximum Gasteiger partial charge on any atom is 0.407 e. The molecular weight excluding hydrogens is 458 g/mol. The zero-order chi connectivity index (χ0) is 26.0. The average molecular weight is 494 g/mol. The Hall–Kier alpha value is -3.61. The van der Waals surface area contributed by atoms with E-state index in [0.717, 1.165) is 30.4 Å². The quantitative estimate of drug-likeness (QED) is 0.374. The summed E-state index contributed by atoms with van der Waals surface area (Å²) in [7, 11) is 0. The summed E-state index contributed by atoms with van der Waals surface area (Å²) in [5.41, 5.74) is 1.49. The minimum absolute atomic E-state index is 0.108. The Bertz CT molecular complexity index is 1040. The van der Waals surface area contributed by atoms with Crippen LogP contribution in [0.1, 0.15) is 56.0 Å². The fourth-order valence-corrected chi connectivity index (χ4v) is 3.69. The molecule has 0 spiro atoms. The van der Waals surface area contributed by atoms with Crippen molar-refractivity contribution in [2.45, 2.75) is 58.1 Å². The average Bonchev–Trinajstić information content (AvgIpc) is 2.86. The summed E-state index contributed by atoms with van der Waals surface area (Å²) in [6.45, 7) is 5.78. The minimum atomic E-state index is -0.945. The molecule has 1 aromatic rings. The Morgan fingerprint density at radius 2 is 1.81 bits per heavy atom. The first kappa shape index (κ1) is 27.0. The SMILES string of the molecule is CC(C)(C)OC(=O)c1ccc(C[C@H](NC(=O)OCC2C=CC=CC2)C(=O)OCC2=CCCC=C2)cc1. The van der Waals surface area contributed by atoms with E-state index in [1.54, 1.807) is 45.0 Å². The van der Waals surface area contributed by atoms with Gasteiger partial charge in [0.1, 0.15) is 18.2 Å². The van der Waals surface area contributed by atoms with Crippen molar-refractivity contribution in [1.29, 1.82) is 0 Å². The first-order valence-electron chi connectivity index (χ1n) is 12.3. The van der Waals surface area contributed by atoms with E-state index >= 15 is 0 Å².